The third-order valence-corrected chi connectivity index (χ3v) is 16.8. The highest BCUT2D eigenvalue weighted by atomic mass is 35.5. The molecule has 456 valence electrons. The van der Waals surface area contributed by atoms with Crippen molar-refractivity contribution in [3.63, 3.8) is 0 Å². The summed E-state index contributed by atoms with van der Waals surface area (Å²) in [5.74, 6) is -3.16. The lowest BCUT2D eigenvalue weighted by Crippen LogP contribution is -2.47. The number of benzene rings is 3. The third-order valence-electron chi connectivity index (χ3n) is 16.3. The molecule has 0 bridgehead atoms. The van der Waals surface area contributed by atoms with E-state index in [2.05, 4.69) is 47.1 Å². The number of nitriles is 1. The summed E-state index contributed by atoms with van der Waals surface area (Å²) in [6, 6.07) is 16.9. The normalized spacial score (nSPS) is 19.2. The number of ether oxygens (including phenoxy) is 4. The Bertz CT molecular complexity index is 3530. The van der Waals surface area contributed by atoms with Gasteiger partial charge in [-0.2, -0.15) is 10.2 Å². The van der Waals surface area contributed by atoms with Crippen molar-refractivity contribution in [1.29, 1.82) is 5.26 Å². The number of aryl methyl sites for hydroxylation is 1. The van der Waals surface area contributed by atoms with Gasteiger partial charge >= 0.3 is 0 Å². The molecule has 3 aliphatic rings. The van der Waals surface area contributed by atoms with Gasteiger partial charge in [0.15, 0.2) is 5.78 Å². The fourth-order valence-corrected chi connectivity index (χ4v) is 12.4. The summed E-state index contributed by atoms with van der Waals surface area (Å²) in [5, 5.41) is 23.9. The number of halogens is 4. The minimum atomic E-state index is -1.82. The molecule has 2 aliphatic heterocycles. The van der Waals surface area contributed by atoms with Crippen LogP contribution in [0.5, 0.6) is 5.75 Å². The Kier molecular flexibility index (Phi) is 20.7. The van der Waals surface area contributed by atoms with Gasteiger partial charge in [0.1, 0.15) is 34.3 Å². The number of rotatable bonds is 24. The first kappa shape index (κ1) is 63.3. The molecular weight excluding hydrogens is 1150 g/mol. The predicted molar refractivity (Wildman–Crippen MR) is 326 cm³/mol. The number of pyridine rings is 2. The molecule has 6 aromatic rings. The number of carbonyl (C=O) groups is 3. The van der Waals surface area contributed by atoms with E-state index in [9.17, 15) is 24.4 Å². The number of Topliss-reactive ketones (excluding diaryl/α,β-unsaturated/α-hetero) is 1. The van der Waals surface area contributed by atoms with Crippen molar-refractivity contribution in [2.75, 3.05) is 102 Å². The maximum atomic E-state index is 16.2. The van der Waals surface area contributed by atoms with Crippen molar-refractivity contribution in [3.8, 4) is 11.8 Å². The summed E-state index contributed by atoms with van der Waals surface area (Å²) >= 11 is 12.5. The molecule has 23 heteroatoms. The number of carbonyl (C=O) groups excluding carboxylic acids is 3. The summed E-state index contributed by atoms with van der Waals surface area (Å²) in [5.41, 5.74) is 0.150. The highest BCUT2D eigenvalue weighted by molar-refractivity contribution is 6.31. The molecule has 2 amide bonds. The van der Waals surface area contributed by atoms with Crippen molar-refractivity contribution in [3.05, 3.63) is 139 Å². The fraction of sp³-hybridized carbons (Fsp3) is 0.460. The Balaban J connectivity index is 0.672. The zero-order chi connectivity index (χ0) is 61.3. The van der Waals surface area contributed by atoms with E-state index in [0.29, 0.717) is 67.8 Å². The van der Waals surface area contributed by atoms with Crippen molar-refractivity contribution < 1.29 is 42.1 Å². The number of piperazine rings is 1. The smallest absolute Gasteiger partial charge is 0.263 e. The third kappa shape index (κ3) is 14.3. The quantitative estimate of drug-likeness (QED) is 0.0327. The second kappa shape index (κ2) is 28.1. The van der Waals surface area contributed by atoms with Gasteiger partial charge in [-0.1, -0.05) is 75.0 Å². The summed E-state index contributed by atoms with van der Waals surface area (Å²) in [7, 11) is 1.39. The molecule has 3 fully saturated rings. The van der Waals surface area contributed by atoms with Gasteiger partial charge in [-0.25, -0.2) is 18.7 Å². The van der Waals surface area contributed by atoms with Crippen LogP contribution in [-0.2, 0) is 24.4 Å². The lowest BCUT2D eigenvalue weighted by atomic mass is 9.62. The number of amides is 2. The van der Waals surface area contributed by atoms with Crippen LogP contribution >= 0.6 is 23.2 Å². The van der Waals surface area contributed by atoms with Crippen LogP contribution in [0.15, 0.2) is 83.9 Å². The first-order valence-corrected chi connectivity index (χ1v) is 29.8. The van der Waals surface area contributed by atoms with Crippen LogP contribution in [0.25, 0.3) is 11.0 Å². The maximum Gasteiger partial charge on any atom is 0.263 e. The number of nitrogens with one attached hydrogen (secondary N) is 4. The van der Waals surface area contributed by atoms with Crippen LogP contribution in [0.2, 0.25) is 10.0 Å². The van der Waals surface area contributed by atoms with Gasteiger partial charge < -0.3 is 45.1 Å². The van der Waals surface area contributed by atoms with Crippen molar-refractivity contribution in [2.45, 2.75) is 96.2 Å². The van der Waals surface area contributed by atoms with E-state index < -0.39 is 52.3 Å². The zero-order valence-corrected chi connectivity index (χ0v) is 50.8. The van der Waals surface area contributed by atoms with Crippen LogP contribution in [0.3, 0.4) is 0 Å². The largest absolute Gasteiger partial charge is 0.495 e. The Morgan fingerprint density at radius 1 is 0.895 bits per heavy atom. The number of hydrogen-bond acceptors (Lipinski definition) is 16. The number of anilines is 4. The molecule has 19 nitrogen and oxygen atoms in total. The Morgan fingerprint density at radius 3 is 2.28 bits per heavy atom. The maximum absolute atomic E-state index is 16.2. The number of methoxy groups -OCH3 is 1. The molecule has 3 aromatic carbocycles. The summed E-state index contributed by atoms with van der Waals surface area (Å²) in [4.78, 5) is 72.5. The molecule has 0 radical (unpaired) electrons. The monoisotopic (exact) mass is 1220 g/mol. The molecule has 1 saturated carbocycles. The lowest BCUT2D eigenvalue weighted by molar-refractivity contribution is -0.118. The van der Waals surface area contributed by atoms with Gasteiger partial charge in [0.25, 0.3) is 11.5 Å². The van der Waals surface area contributed by atoms with Gasteiger partial charge in [-0.3, -0.25) is 28.6 Å². The van der Waals surface area contributed by atoms with Crippen LogP contribution in [0.1, 0.15) is 109 Å². The van der Waals surface area contributed by atoms with Crippen LogP contribution in [0.4, 0.5) is 31.9 Å². The molecular formula is C63H73Cl2F2N11O8. The first-order valence-electron chi connectivity index (χ1n) is 29.0. The number of nitrogens with zero attached hydrogens (tertiary/aromatic N) is 7. The predicted octanol–water partition coefficient (Wildman–Crippen LogP) is 9.71. The van der Waals surface area contributed by atoms with Gasteiger partial charge in [-0.05, 0) is 98.2 Å². The van der Waals surface area contributed by atoms with E-state index in [1.54, 1.807) is 17.7 Å². The van der Waals surface area contributed by atoms with Crippen molar-refractivity contribution in [2.24, 2.45) is 5.41 Å². The Hall–Kier alpha value is -7.16. The van der Waals surface area contributed by atoms with Crippen molar-refractivity contribution >= 4 is 75.0 Å². The van der Waals surface area contributed by atoms with Crippen LogP contribution in [0, 0.1) is 35.3 Å². The number of hydrogen-bond donors (Lipinski definition) is 4. The number of fused-ring (bicyclic) bond motifs is 1. The second-order valence-electron chi connectivity index (χ2n) is 23.1. The molecule has 9 rings (SSSR count). The molecule has 4 N–H and O–H groups in total. The molecule has 4 unspecified atom stereocenters. The lowest BCUT2D eigenvalue weighted by Gasteiger charge is -2.37. The molecule has 2 saturated heterocycles. The van der Waals surface area contributed by atoms with E-state index in [-0.39, 0.29) is 74.3 Å². The highest BCUT2D eigenvalue weighted by Crippen LogP contribution is 2.53. The first-order chi connectivity index (χ1) is 41.3. The summed E-state index contributed by atoms with van der Waals surface area (Å²) in [6.45, 7) is 15.8. The minimum absolute atomic E-state index is 0.00960. The fourth-order valence-electron chi connectivity index (χ4n) is 12.1. The molecule has 1 aliphatic carbocycles. The second-order valence-corrected chi connectivity index (χ2v) is 24.0. The number of aromatic nitrogens is 4. The summed E-state index contributed by atoms with van der Waals surface area (Å²) in [6.07, 6.45) is 7.58. The zero-order valence-electron chi connectivity index (χ0n) is 49.2. The highest BCUT2D eigenvalue weighted by Gasteiger charge is 2.61. The average molecular weight is 1220 g/mol. The van der Waals surface area contributed by atoms with Crippen molar-refractivity contribution in [1.82, 2.24) is 35.1 Å². The average Bonchev–Trinajstić information content (AvgIpc) is 1.72. The van der Waals surface area contributed by atoms with E-state index in [4.69, 9.17) is 47.1 Å². The molecule has 3 aromatic heterocycles. The van der Waals surface area contributed by atoms with Crippen LogP contribution < -0.4 is 36.5 Å². The molecule has 86 heavy (non-hydrogen) atoms. The minimum Gasteiger partial charge on any atom is -0.495 e. The van der Waals surface area contributed by atoms with Gasteiger partial charge in [-0.15, -0.1) is 0 Å². The van der Waals surface area contributed by atoms with Gasteiger partial charge in [0.2, 0.25) is 11.9 Å². The van der Waals surface area contributed by atoms with Gasteiger partial charge in [0, 0.05) is 85.0 Å². The summed E-state index contributed by atoms with van der Waals surface area (Å²) < 4.78 is 56.8. The van der Waals surface area contributed by atoms with E-state index in [1.165, 1.54) is 62.6 Å². The molecule has 0 spiro atoms. The SMILES string of the molecule is COc1cc(C(=O)NCCOCCOCCOCCN2CCN(c3ccc(Nc4ncc5c(C)c(C(C)=O)c(=O)n(C6CCCC6)c5n4)nc3)CC2)ccc1NC(=O)C1NC(CC(C)(C)C)C(C#N)(c2ccc(Cl)cc2F)C1c1cccc(Cl)c1F. The Morgan fingerprint density at radius 2 is 1.62 bits per heavy atom. The van der Waals surface area contributed by atoms with E-state index in [0.717, 1.165) is 70.2 Å². The van der Waals surface area contributed by atoms with Crippen LogP contribution in [-0.4, -0.2) is 140 Å². The Labute approximate surface area is 509 Å². The molecule has 4 atom stereocenters. The number of ketones is 1. The molecule has 5 heterocycles. The topological polar surface area (TPSA) is 227 Å². The van der Waals surface area contributed by atoms with E-state index >= 15 is 8.78 Å². The standard InChI is InChI=1S/C63H73Cl2F2N11O8/c1-38-45-36-71-61(75-57(45)78(42-10-7-8-11-42)60(82)53(38)39(2)79)74-52-19-16-43(35-70-52)77-23-21-76(22-24-77)25-27-85-29-31-86-30-28-84-26-20-69-58(80)40-14-18-49(50(32-40)83-6)72-59(81)56-54(44-12-9-13-47(65)55(44)67)63(37-68,51(73-56)34-62(3,4)5)46-17-15-41(64)33-48(46)66/h9,12-19,32-33,35-36,42,51,54,56,73H,7-8,10-11,20-31,34H2,1-6H3,(H,69,80)(H,72,81)(H,70,71,74,75). The van der Waals surface area contributed by atoms with E-state index in [1.807, 2.05) is 39.1 Å². The van der Waals surface area contributed by atoms with Gasteiger partial charge in [0.05, 0.1) is 87.0 Å².